The molecule has 0 radical (unpaired) electrons. The molecule has 0 aromatic carbocycles. The van der Waals surface area contributed by atoms with Crippen molar-refractivity contribution in [2.75, 3.05) is 0 Å². The van der Waals surface area contributed by atoms with E-state index in [0.29, 0.717) is 29.6 Å². The highest BCUT2D eigenvalue weighted by Crippen LogP contribution is 2.67. The van der Waals surface area contributed by atoms with Gasteiger partial charge in [0.05, 0.1) is 18.1 Å². The van der Waals surface area contributed by atoms with Crippen LogP contribution in [0.25, 0.3) is 0 Å². The normalized spacial score (nSPS) is 46.3. The van der Waals surface area contributed by atoms with Gasteiger partial charge < -0.3 is 15.3 Å². The van der Waals surface area contributed by atoms with E-state index in [2.05, 4.69) is 26.8 Å². The summed E-state index contributed by atoms with van der Waals surface area (Å²) >= 11 is 0. The minimum Gasteiger partial charge on any atom is -0.481 e. The molecule has 0 amide bonds. The molecule has 31 heavy (non-hydrogen) atoms. The number of hydrogen-bond donors (Lipinski definition) is 3. The summed E-state index contributed by atoms with van der Waals surface area (Å²) in [6, 6.07) is 0. The SMILES string of the molecule is C[C@H](CCC[C@H](C)C(=O)O)[C@H]1CC[C@H]2[C@@H]3[C@H](O)C=C4C[C@@H](O)CC[C@]4(C)[C@H]3CC[C@]12C. The molecule has 10 atom stereocenters. The molecule has 0 saturated heterocycles. The lowest BCUT2D eigenvalue weighted by atomic mass is 9.46. The molecule has 0 bridgehead atoms. The Morgan fingerprint density at radius 1 is 1.06 bits per heavy atom. The highest BCUT2D eigenvalue weighted by atomic mass is 16.4. The van der Waals surface area contributed by atoms with Crippen LogP contribution >= 0.6 is 0 Å². The standard InChI is InChI=1S/C27H44O4/c1-16(6-5-7-17(2)25(30)31)20-8-9-21-24-22(11-13-27(20,21)4)26(3)12-10-19(28)14-18(26)15-23(24)29/h15-17,19-24,28-29H,5-14H2,1-4H3,(H,30,31)/t16-,17+,19+,20-,21+,22+,23-,24+,26+,27-/m1/s1. The van der Waals surface area contributed by atoms with Gasteiger partial charge >= 0.3 is 5.97 Å². The number of aliphatic hydroxyl groups is 2. The minimum absolute atomic E-state index is 0.154. The van der Waals surface area contributed by atoms with E-state index in [4.69, 9.17) is 5.11 Å². The van der Waals surface area contributed by atoms with Gasteiger partial charge in [0.15, 0.2) is 0 Å². The van der Waals surface area contributed by atoms with Crippen LogP contribution in [-0.4, -0.2) is 33.5 Å². The first-order valence-corrected chi connectivity index (χ1v) is 12.9. The van der Waals surface area contributed by atoms with Gasteiger partial charge in [0.25, 0.3) is 0 Å². The number of aliphatic carboxylic acids is 1. The first kappa shape index (κ1) is 23.3. The van der Waals surface area contributed by atoms with Crippen LogP contribution in [-0.2, 0) is 4.79 Å². The van der Waals surface area contributed by atoms with Gasteiger partial charge in [-0.2, -0.15) is 0 Å². The lowest BCUT2D eigenvalue weighted by Crippen LogP contribution is -2.54. The van der Waals surface area contributed by atoms with Gasteiger partial charge in [-0.05, 0) is 91.8 Å². The van der Waals surface area contributed by atoms with Crippen molar-refractivity contribution in [1.29, 1.82) is 0 Å². The molecule has 3 fully saturated rings. The number of carbonyl (C=O) groups is 1. The summed E-state index contributed by atoms with van der Waals surface area (Å²) in [5.74, 6) is 1.83. The molecule has 0 spiro atoms. The molecule has 4 heteroatoms. The second-order valence-corrected chi connectivity index (χ2v) is 12.2. The largest absolute Gasteiger partial charge is 0.481 e. The van der Waals surface area contributed by atoms with Gasteiger partial charge in [-0.25, -0.2) is 0 Å². The van der Waals surface area contributed by atoms with E-state index in [1.807, 2.05) is 6.92 Å². The maximum Gasteiger partial charge on any atom is 0.306 e. The molecule has 0 aromatic rings. The molecule has 4 nitrogen and oxygen atoms in total. The molecule has 3 N–H and O–H groups in total. The Kier molecular flexibility index (Phi) is 6.37. The maximum absolute atomic E-state index is 11.3. The summed E-state index contributed by atoms with van der Waals surface area (Å²) in [6.45, 7) is 9.11. The lowest BCUT2D eigenvalue weighted by molar-refractivity contribution is -0.141. The number of hydrogen-bond acceptors (Lipinski definition) is 3. The van der Waals surface area contributed by atoms with Crippen molar-refractivity contribution < 1.29 is 20.1 Å². The van der Waals surface area contributed by atoms with Crippen LogP contribution in [0.5, 0.6) is 0 Å². The first-order chi connectivity index (χ1) is 14.6. The third kappa shape index (κ3) is 3.90. The molecule has 4 aliphatic rings. The molecule has 0 heterocycles. The zero-order chi connectivity index (χ0) is 22.6. The molecule has 3 saturated carbocycles. The van der Waals surface area contributed by atoms with E-state index >= 15 is 0 Å². The average Bonchev–Trinajstić information content (AvgIpc) is 3.06. The zero-order valence-corrected chi connectivity index (χ0v) is 20.0. The Morgan fingerprint density at radius 2 is 1.81 bits per heavy atom. The summed E-state index contributed by atoms with van der Waals surface area (Å²) in [6.07, 6.45) is 12.0. The number of carboxylic acids is 1. The van der Waals surface area contributed by atoms with Gasteiger partial charge in [-0.15, -0.1) is 0 Å². The van der Waals surface area contributed by atoms with Crippen molar-refractivity contribution in [3.05, 3.63) is 11.6 Å². The van der Waals surface area contributed by atoms with E-state index in [1.165, 1.54) is 31.3 Å². The summed E-state index contributed by atoms with van der Waals surface area (Å²) in [5, 5.41) is 30.6. The molecule has 0 unspecified atom stereocenters. The number of rotatable bonds is 6. The van der Waals surface area contributed by atoms with Crippen molar-refractivity contribution in [1.82, 2.24) is 0 Å². The smallest absolute Gasteiger partial charge is 0.306 e. The Hall–Kier alpha value is -0.870. The molecular formula is C27H44O4. The Balaban J connectivity index is 1.48. The molecule has 0 aromatic heterocycles. The molecule has 4 rings (SSSR count). The van der Waals surface area contributed by atoms with Crippen LogP contribution in [0, 0.1) is 46.3 Å². The summed E-state index contributed by atoms with van der Waals surface area (Å²) < 4.78 is 0. The lowest BCUT2D eigenvalue weighted by Gasteiger charge is -2.59. The number of carboxylic acid groups (broad SMARTS) is 1. The fraction of sp³-hybridized carbons (Fsp3) is 0.889. The molecule has 0 aliphatic heterocycles. The number of aliphatic hydroxyl groups excluding tert-OH is 2. The molecule has 176 valence electrons. The van der Waals surface area contributed by atoms with E-state index in [9.17, 15) is 15.0 Å². The Labute approximate surface area is 188 Å². The predicted octanol–water partition coefficient (Wildman–Crippen LogP) is 5.42. The molecule has 4 aliphatic carbocycles. The van der Waals surface area contributed by atoms with Crippen LogP contribution in [0.3, 0.4) is 0 Å². The summed E-state index contributed by atoms with van der Waals surface area (Å²) in [5.41, 5.74) is 1.76. The van der Waals surface area contributed by atoms with Gasteiger partial charge in [0, 0.05) is 0 Å². The van der Waals surface area contributed by atoms with E-state index in [1.54, 1.807) is 0 Å². The first-order valence-electron chi connectivity index (χ1n) is 12.9. The quantitative estimate of drug-likeness (QED) is 0.490. The second-order valence-electron chi connectivity index (χ2n) is 12.2. The van der Waals surface area contributed by atoms with Gasteiger partial charge in [-0.3, -0.25) is 4.79 Å². The van der Waals surface area contributed by atoms with Crippen molar-refractivity contribution in [3.8, 4) is 0 Å². The highest BCUT2D eigenvalue weighted by Gasteiger charge is 2.61. The fourth-order valence-corrected chi connectivity index (χ4v) is 8.68. The van der Waals surface area contributed by atoms with E-state index in [-0.39, 0.29) is 29.0 Å². The maximum atomic E-state index is 11.3. The number of fused-ring (bicyclic) bond motifs is 5. The summed E-state index contributed by atoms with van der Waals surface area (Å²) in [7, 11) is 0. The minimum atomic E-state index is -0.679. The predicted molar refractivity (Wildman–Crippen MR) is 122 cm³/mol. The van der Waals surface area contributed by atoms with Crippen LogP contribution in [0.1, 0.15) is 91.9 Å². The topological polar surface area (TPSA) is 77.8 Å². The second kappa shape index (κ2) is 8.48. The van der Waals surface area contributed by atoms with Crippen molar-refractivity contribution in [2.24, 2.45) is 46.3 Å². The third-order valence-corrected chi connectivity index (χ3v) is 10.6. The zero-order valence-electron chi connectivity index (χ0n) is 20.0. The Bertz CT molecular complexity index is 716. The van der Waals surface area contributed by atoms with Gasteiger partial charge in [0.2, 0.25) is 0 Å². The van der Waals surface area contributed by atoms with Crippen LogP contribution < -0.4 is 0 Å². The summed E-state index contributed by atoms with van der Waals surface area (Å²) in [4.78, 5) is 11.1. The van der Waals surface area contributed by atoms with Gasteiger partial charge in [-0.1, -0.05) is 52.2 Å². The average molecular weight is 433 g/mol. The van der Waals surface area contributed by atoms with Crippen molar-refractivity contribution >= 4 is 5.97 Å². The van der Waals surface area contributed by atoms with Gasteiger partial charge in [0.1, 0.15) is 0 Å². The van der Waals surface area contributed by atoms with Crippen LogP contribution in [0.15, 0.2) is 11.6 Å². The molecular weight excluding hydrogens is 388 g/mol. The van der Waals surface area contributed by atoms with E-state index < -0.39 is 5.97 Å². The van der Waals surface area contributed by atoms with E-state index in [0.717, 1.165) is 38.5 Å². The third-order valence-electron chi connectivity index (χ3n) is 10.6. The van der Waals surface area contributed by atoms with Crippen molar-refractivity contribution in [2.45, 2.75) is 104 Å². The Morgan fingerprint density at radius 3 is 2.52 bits per heavy atom. The fourth-order valence-electron chi connectivity index (χ4n) is 8.68. The highest BCUT2D eigenvalue weighted by molar-refractivity contribution is 5.69. The van der Waals surface area contributed by atoms with Crippen LogP contribution in [0.2, 0.25) is 0 Å². The monoisotopic (exact) mass is 432 g/mol. The van der Waals surface area contributed by atoms with Crippen molar-refractivity contribution in [3.63, 3.8) is 0 Å². The van der Waals surface area contributed by atoms with Crippen LogP contribution in [0.4, 0.5) is 0 Å².